The molecule has 1 aliphatic rings. The zero-order valence-electron chi connectivity index (χ0n) is 17.2. The van der Waals surface area contributed by atoms with Gasteiger partial charge in [0.25, 0.3) is 11.6 Å². The van der Waals surface area contributed by atoms with Crippen LogP contribution in [0.1, 0.15) is 33.7 Å². The zero-order valence-corrected chi connectivity index (χ0v) is 18.0. The summed E-state index contributed by atoms with van der Waals surface area (Å²) in [6, 6.07) is 14.2. The van der Waals surface area contributed by atoms with Crippen molar-refractivity contribution in [3.05, 3.63) is 81.2 Å². The molecule has 9 heteroatoms. The summed E-state index contributed by atoms with van der Waals surface area (Å²) in [6.45, 7) is 4.77. The van der Waals surface area contributed by atoms with Crippen molar-refractivity contribution in [2.75, 3.05) is 31.1 Å². The fourth-order valence-electron chi connectivity index (χ4n) is 3.55. The maximum absolute atomic E-state index is 12.8. The number of nitrogens with zero attached hydrogens (tertiary/aromatic N) is 5. The molecule has 1 fully saturated rings. The Hall–Kier alpha value is -3.33. The highest BCUT2D eigenvalue weighted by Crippen LogP contribution is 2.22. The molecule has 160 valence electrons. The molecule has 0 N–H and O–H groups in total. The van der Waals surface area contributed by atoms with Gasteiger partial charge in [0.2, 0.25) is 5.13 Å². The van der Waals surface area contributed by atoms with Crippen molar-refractivity contribution < 1.29 is 9.72 Å². The smallest absolute Gasteiger partial charge is 0.269 e. The summed E-state index contributed by atoms with van der Waals surface area (Å²) < 4.78 is 4.52. The van der Waals surface area contributed by atoms with Gasteiger partial charge in [-0.3, -0.25) is 14.9 Å². The van der Waals surface area contributed by atoms with Crippen LogP contribution in [-0.4, -0.2) is 51.3 Å². The predicted octanol–water partition coefficient (Wildman–Crippen LogP) is 3.70. The van der Waals surface area contributed by atoms with Crippen LogP contribution >= 0.6 is 11.5 Å². The summed E-state index contributed by atoms with van der Waals surface area (Å²) in [4.78, 5) is 31.9. The van der Waals surface area contributed by atoms with Gasteiger partial charge in [0.15, 0.2) is 0 Å². The minimum absolute atomic E-state index is 0.0173. The predicted molar refractivity (Wildman–Crippen MR) is 120 cm³/mol. The first kappa shape index (κ1) is 20.9. The van der Waals surface area contributed by atoms with Gasteiger partial charge in [0.05, 0.1) is 4.92 Å². The summed E-state index contributed by atoms with van der Waals surface area (Å²) in [5, 5.41) is 11.7. The lowest BCUT2D eigenvalue weighted by Crippen LogP contribution is -2.35. The van der Waals surface area contributed by atoms with Gasteiger partial charge < -0.3 is 9.80 Å². The third-order valence-electron chi connectivity index (χ3n) is 5.32. The van der Waals surface area contributed by atoms with Gasteiger partial charge in [-0.25, -0.2) is 4.98 Å². The summed E-state index contributed by atoms with van der Waals surface area (Å²) in [5.74, 6) is 0.709. The molecule has 1 saturated heterocycles. The number of amides is 1. The van der Waals surface area contributed by atoms with Crippen LogP contribution in [0, 0.1) is 17.0 Å². The van der Waals surface area contributed by atoms with Crippen LogP contribution in [0.15, 0.2) is 48.5 Å². The highest BCUT2D eigenvalue weighted by molar-refractivity contribution is 7.09. The molecular formula is C22H23N5O3S. The molecule has 0 saturated carbocycles. The van der Waals surface area contributed by atoms with Crippen LogP contribution in [-0.2, 0) is 6.42 Å². The van der Waals surface area contributed by atoms with Crippen LogP contribution < -0.4 is 4.90 Å². The van der Waals surface area contributed by atoms with Crippen molar-refractivity contribution in [1.29, 1.82) is 0 Å². The fraction of sp³-hybridized carbons (Fsp3) is 0.318. The van der Waals surface area contributed by atoms with E-state index in [9.17, 15) is 14.9 Å². The SMILES string of the molecule is Cc1ccc(Cc2nsc(N3CCCN(C(=O)c4ccc([N+](=O)[O-])cc4)CC3)n2)cc1. The quantitative estimate of drug-likeness (QED) is 0.446. The normalized spacial score (nSPS) is 14.4. The molecule has 0 atom stereocenters. The topological polar surface area (TPSA) is 92.5 Å². The maximum atomic E-state index is 12.8. The lowest BCUT2D eigenvalue weighted by atomic mass is 10.1. The highest BCUT2D eigenvalue weighted by atomic mass is 32.1. The minimum atomic E-state index is -0.465. The second kappa shape index (κ2) is 9.22. The Balaban J connectivity index is 1.37. The summed E-state index contributed by atoms with van der Waals surface area (Å²) in [5.41, 5.74) is 2.87. The van der Waals surface area contributed by atoms with Gasteiger partial charge in [-0.05, 0) is 31.0 Å². The van der Waals surface area contributed by atoms with E-state index in [1.165, 1.54) is 46.9 Å². The third kappa shape index (κ3) is 5.05. The number of rotatable bonds is 5. The van der Waals surface area contributed by atoms with Crippen LogP contribution in [0.25, 0.3) is 0 Å². The average molecular weight is 438 g/mol. The zero-order chi connectivity index (χ0) is 21.8. The third-order valence-corrected chi connectivity index (χ3v) is 6.13. The molecule has 2 aromatic carbocycles. The van der Waals surface area contributed by atoms with Gasteiger partial charge in [-0.15, -0.1) is 0 Å². The Morgan fingerprint density at radius 2 is 1.81 bits per heavy atom. The van der Waals surface area contributed by atoms with Gasteiger partial charge >= 0.3 is 0 Å². The summed E-state index contributed by atoms with van der Waals surface area (Å²) in [7, 11) is 0. The molecule has 4 rings (SSSR count). The molecule has 0 aliphatic carbocycles. The minimum Gasteiger partial charge on any atom is -0.345 e. The first-order chi connectivity index (χ1) is 15.0. The Morgan fingerprint density at radius 3 is 2.52 bits per heavy atom. The Kier molecular flexibility index (Phi) is 6.22. The van der Waals surface area contributed by atoms with Crippen LogP contribution in [0.3, 0.4) is 0 Å². The summed E-state index contributed by atoms with van der Waals surface area (Å²) >= 11 is 1.40. The average Bonchev–Trinajstić information content (AvgIpc) is 3.09. The number of aryl methyl sites for hydroxylation is 1. The lowest BCUT2D eigenvalue weighted by Gasteiger charge is -2.21. The molecule has 1 aromatic heterocycles. The standard InChI is InChI=1S/C22H23N5O3S/c1-16-3-5-17(6-4-16)15-20-23-22(31-24-20)26-12-2-11-25(13-14-26)21(28)18-7-9-19(10-8-18)27(29)30/h3-10H,2,11-15H2,1H3. The fourth-order valence-corrected chi connectivity index (χ4v) is 4.29. The molecule has 0 bridgehead atoms. The number of nitro benzene ring substituents is 1. The van der Waals surface area contributed by atoms with E-state index in [2.05, 4.69) is 40.5 Å². The molecule has 2 heterocycles. The van der Waals surface area contributed by atoms with Gasteiger partial charge in [0.1, 0.15) is 5.82 Å². The maximum Gasteiger partial charge on any atom is 0.269 e. The molecule has 1 amide bonds. The van der Waals surface area contributed by atoms with Gasteiger partial charge in [-0.1, -0.05) is 29.8 Å². The lowest BCUT2D eigenvalue weighted by molar-refractivity contribution is -0.384. The number of nitro groups is 1. The first-order valence-electron chi connectivity index (χ1n) is 10.2. The van der Waals surface area contributed by atoms with Gasteiger partial charge in [-0.2, -0.15) is 4.37 Å². The van der Waals surface area contributed by atoms with E-state index < -0.39 is 4.92 Å². The Morgan fingerprint density at radius 1 is 1.06 bits per heavy atom. The van der Waals surface area contributed by atoms with Gasteiger partial charge in [0, 0.05) is 61.8 Å². The van der Waals surface area contributed by atoms with E-state index in [1.54, 1.807) is 4.90 Å². The molecule has 8 nitrogen and oxygen atoms in total. The number of anilines is 1. The number of benzene rings is 2. The molecule has 3 aromatic rings. The van der Waals surface area contributed by atoms with Crippen LogP contribution in [0.2, 0.25) is 0 Å². The van der Waals surface area contributed by atoms with Crippen molar-refractivity contribution in [3.8, 4) is 0 Å². The van der Waals surface area contributed by atoms with Crippen LogP contribution in [0.4, 0.5) is 10.8 Å². The number of hydrogen-bond donors (Lipinski definition) is 0. The van der Waals surface area contributed by atoms with Crippen molar-refractivity contribution in [2.45, 2.75) is 19.8 Å². The molecular weight excluding hydrogens is 414 g/mol. The monoisotopic (exact) mass is 437 g/mol. The Labute approximate surface area is 184 Å². The van der Waals surface area contributed by atoms with E-state index in [0.717, 1.165) is 23.9 Å². The van der Waals surface area contributed by atoms with E-state index in [-0.39, 0.29) is 11.6 Å². The molecule has 0 radical (unpaired) electrons. The number of non-ortho nitro benzene ring substituents is 1. The summed E-state index contributed by atoms with van der Waals surface area (Å²) in [6.07, 6.45) is 1.53. The number of hydrogen-bond acceptors (Lipinski definition) is 7. The second-order valence-corrected chi connectivity index (χ2v) is 8.32. The Bertz CT molecular complexity index is 1070. The van der Waals surface area contributed by atoms with E-state index in [0.29, 0.717) is 31.6 Å². The molecule has 1 aliphatic heterocycles. The highest BCUT2D eigenvalue weighted by Gasteiger charge is 2.22. The van der Waals surface area contributed by atoms with E-state index in [4.69, 9.17) is 4.98 Å². The second-order valence-electron chi connectivity index (χ2n) is 7.59. The van der Waals surface area contributed by atoms with E-state index in [1.807, 2.05) is 0 Å². The van der Waals surface area contributed by atoms with Crippen molar-refractivity contribution in [1.82, 2.24) is 14.3 Å². The van der Waals surface area contributed by atoms with Crippen molar-refractivity contribution in [2.24, 2.45) is 0 Å². The molecule has 31 heavy (non-hydrogen) atoms. The largest absolute Gasteiger partial charge is 0.345 e. The van der Waals surface area contributed by atoms with Crippen molar-refractivity contribution in [3.63, 3.8) is 0 Å². The molecule has 0 unspecified atom stereocenters. The molecule has 0 spiro atoms. The number of carbonyl (C=O) groups is 1. The first-order valence-corrected chi connectivity index (χ1v) is 10.9. The van der Waals surface area contributed by atoms with Crippen molar-refractivity contribution >= 4 is 28.3 Å². The number of aromatic nitrogens is 2. The number of carbonyl (C=O) groups excluding carboxylic acids is 1. The van der Waals surface area contributed by atoms with E-state index >= 15 is 0 Å². The van der Waals surface area contributed by atoms with Crippen LogP contribution in [0.5, 0.6) is 0 Å².